The van der Waals surface area contributed by atoms with Gasteiger partial charge in [0.2, 0.25) is 0 Å². The van der Waals surface area contributed by atoms with Gasteiger partial charge in [-0.3, -0.25) is 4.79 Å². The number of nitrogens with zero attached hydrogens (tertiary/aromatic N) is 3. The smallest absolute Gasteiger partial charge is 0.415 e. The lowest BCUT2D eigenvalue weighted by Gasteiger charge is -2.39. The van der Waals surface area contributed by atoms with Crippen LogP contribution in [0.4, 0.5) is 16.2 Å². The van der Waals surface area contributed by atoms with E-state index < -0.39 is 17.6 Å². The largest absolute Gasteiger partial charge is 0.496 e. The Morgan fingerprint density at radius 1 is 1.05 bits per heavy atom. The first-order chi connectivity index (χ1) is 20.4. The van der Waals surface area contributed by atoms with Crippen LogP contribution in [-0.2, 0) is 16.1 Å². The monoisotopic (exact) mass is 608 g/mol. The summed E-state index contributed by atoms with van der Waals surface area (Å²) in [5.74, 6) is 0.232. The molecule has 1 aromatic heterocycles. The van der Waals surface area contributed by atoms with E-state index in [1.165, 1.54) is 18.4 Å². The van der Waals surface area contributed by atoms with E-state index in [1.54, 1.807) is 41.1 Å². The molecule has 2 aromatic carbocycles. The van der Waals surface area contributed by atoms with Crippen molar-refractivity contribution in [3.8, 4) is 22.6 Å². The molecule has 2 heterocycles. The fourth-order valence-electron chi connectivity index (χ4n) is 5.00. The van der Waals surface area contributed by atoms with Crippen LogP contribution in [0.3, 0.4) is 0 Å². The van der Waals surface area contributed by atoms with Crippen LogP contribution in [0, 0.1) is 6.92 Å². The van der Waals surface area contributed by atoms with E-state index in [0.717, 1.165) is 10.6 Å². The Balaban J connectivity index is 1.72. The number of esters is 1. The van der Waals surface area contributed by atoms with Crippen LogP contribution >= 0.6 is 11.3 Å². The highest BCUT2D eigenvalue weighted by molar-refractivity contribution is 7.13. The van der Waals surface area contributed by atoms with Crippen LogP contribution in [0.15, 0.2) is 42.5 Å². The summed E-state index contributed by atoms with van der Waals surface area (Å²) in [4.78, 5) is 45.8. The number of thiophene rings is 1. The number of hydrogen-bond donors (Lipinski definition) is 1. The lowest BCUT2D eigenvalue weighted by atomic mass is 9.92. The number of nitrogens with one attached hydrogen (secondary N) is 1. The second-order valence-corrected chi connectivity index (χ2v) is 12.5. The van der Waals surface area contributed by atoms with E-state index in [-0.39, 0.29) is 12.5 Å². The van der Waals surface area contributed by atoms with Gasteiger partial charge in [-0.1, -0.05) is 6.07 Å². The molecule has 230 valence electrons. The van der Waals surface area contributed by atoms with E-state index in [4.69, 9.17) is 14.2 Å². The summed E-state index contributed by atoms with van der Waals surface area (Å²) in [6, 6.07) is 12.6. The number of amides is 2. The highest BCUT2D eigenvalue weighted by Gasteiger charge is 2.39. The number of likely N-dealkylation sites (N-methyl/N-ethyl adjacent to an activating group) is 3. The van der Waals surface area contributed by atoms with Gasteiger partial charge in [-0.25, -0.2) is 9.59 Å². The zero-order chi connectivity index (χ0) is 31.5. The van der Waals surface area contributed by atoms with Crippen molar-refractivity contribution in [2.75, 3.05) is 58.1 Å². The highest BCUT2D eigenvalue weighted by Crippen LogP contribution is 2.45. The lowest BCUT2D eigenvalue weighted by Crippen LogP contribution is -2.52. The molecule has 0 saturated heterocycles. The van der Waals surface area contributed by atoms with Crippen LogP contribution in [-0.4, -0.2) is 81.2 Å². The van der Waals surface area contributed by atoms with E-state index in [1.807, 2.05) is 64.9 Å². The predicted octanol–water partition coefficient (Wildman–Crippen LogP) is 5.64. The molecule has 0 unspecified atom stereocenters. The van der Waals surface area contributed by atoms with Crippen LogP contribution < -0.4 is 19.7 Å². The Morgan fingerprint density at radius 3 is 2.40 bits per heavy atom. The second kappa shape index (κ2) is 13.0. The van der Waals surface area contributed by atoms with Crippen LogP contribution in [0.5, 0.6) is 11.5 Å². The van der Waals surface area contributed by atoms with Crippen molar-refractivity contribution in [3.05, 3.63) is 57.8 Å². The Bertz CT molecular complexity index is 1520. The van der Waals surface area contributed by atoms with Gasteiger partial charge in [0.15, 0.2) is 0 Å². The van der Waals surface area contributed by atoms with Crippen LogP contribution in [0.1, 0.15) is 40.9 Å². The topological polar surface area (TPSA) is 101 Å². The molecule has 43 heavy (non-hydrogen) atoms. The van der Waals surface area contributed by atoms with Gasteiger partial charge < -0.3 is 34.2 Å². The lowest BCUT2D eigenvalue weighted by molar-refractivity contribution is -0.121. The molecule has 0 spiro atoms. The maximum Gasteiger partial charge on any atom is 0.415 e. The van der Waals surface area contributed by atoms with E-state index in [0.29, 0.717) is 58.4 Å². The molecule has 11 heteroatoms. The van der Waals surface area contributed by atoms with E-state index in [9.17, 15) is 14.4 Å². The highest BCUT2D eigenvalue weighted by atomic mass is 32.1. The minimum atomic E-state index is -0.812. The predicted molar refractivity (Wildman–Crippen MR) is 170 cm³/mol. The Kier molecular flexibility index (Phi) is 9.66. The summed E-state index contributed by atoms with van der Waals surface area (Å²) in [5.41, 5.74) is 2.60. The molecule has 0 aliphatic carbocycles. The zero-order valence-electron chi connectivity index (χ0n) is 26.1. The maximum absolute atomic E-state index is 13.3. The minimum absolute atomic E-state index is 0.0781. The number of benzene rings is 2. The summed E-state index contributed by atoms with van der Waals surface area (Å²) in [6.45, 7) is 9.17. The van der Waals surface area contributed by atoms with Crippen molar-refractivity contribution >= 4 is 40.7 Å². The molecule has 1 aliphatic heterocycles. The van der Waals surface area contributed by atoms with Gasteiger partial charge in [-0.15, -0.1) is 11.3 Å². The van der Waals surface area contributed by atoms with Gasteiger partial charge in [0, 0.05) is 48.8 Å². The Labute approximate surface area is 257 Å². The van der Waals surface area contributed by atoms with Gasteiger partial charge in [-0.2, -0.15) is 0 Å². The first-order valence-electron chi connectivity index (χ1n) is 14.1. The first kappa shape index (κ1) is 31.8. The normalized spacial score (nSPS) is 13.8. The zero-order valence-corrected chi connectivity index (χ0v) is 26.9. The Morgan fingerprint density at radius 2 is 1.77 bits per heavy atom. The number of carbonyl (C=O) groups excluding carboxylic acids is 3. The fourth-order valence-corrected chi connectivity index (χ4v) is 5.77. The summed E-state index contributed by atoms with van der Waals surface area (Å²) in [5, 5.41) is 3.32. The summed E-state index contributed by atoms with van der Waals surface area (Å²) in [6.07, 6.45) is -0.446. The van der Waals surface area contributed by atoms with Crippen LogP contribution in [0.25, 0.3) is 11.1 Å². The number of fused-ring (bicyclic) bond motifs is 1. The molecular weight excluding hydrogens is 568 g/mol. The van der Waals surface area contributed by atoms with E-state index >= 15 is 0 Å². The molecule has 10 nitrogen and oxygen atoms in total. The number of methoxy groups -OCH3 is 1. The SMILES string of the molecule is CCN(CCN(C)C)C(=O)Oc1ccc(-c2ccc3c(c2COC(=O)c2ccc(C)s2)N(C)C(=O)C(C)(C)N3)c(OC)c1. The summed E-state index contributed by atoms with van der Waals surface area (Å²) >= 11 is 1.36. The molecule has 0 fully saturated rings. The third-order valence-corrected chi connectivity index (χ3v) is 8.30. The molecule has 4 rings (SSSR count). The van der Waals surface area contributed by atoms with Crippen molar-refractivity contribution in [2.45, 2.75) is 39.8 Å². The van der Waals surface area contributed by atoms with Gasteiger partial charge in [0.25, 0.3) is 5.91 Å². The van der Waals surface area contributed by atoms with Gasteiger partial charge in [0.1, 0.15) is 28.5 Å². The minimum Gasteiger partial charge on any atom is -0.496 e. The van der Waals surface area contributed by atoms with Gasteiger partial charge in [-0.05, 0) is 77.7 Å². The number of ether oxygens (including phenoxy) is 3. The molecule has 0 saturated carbocycles. The van der Waals surface area contributed by atoms with Crippen molar-refractivity contribution in [1.82, 2.24) is 9.80 Å². The van der Waals surface area contributed by atoms with Crippen molar-refractivity contribution in [2.24, 2.45) is 0 Å². The number of aryl methyl sites for hydroxylation is 1. The molecule has 0 radical (unpaired) electrons. The molecular formula is C32H40N4O6S. The number of rotatable bonds is 10. The molecule has 2 amide bonds. The van der Waals surface area contributed by atoms with Crippen LogP contribution in [0.2, 0.25) is 0 Å². The van der Waals surface area contributed by atoms with Crippen molar-refractivity contribution in [1.29, 1.82) is 0 Å². The van der Waals surface area contributed by atoms with Crippen molar-refractivity contribution < 1.29 is 28.6 Å². The third-order valence-electron chi connectivity index (χ3n) is 7.32. The number of hydrogen-bond acceptors (Lipinski definition) is 9. The Hall–Kier alpha value is -4.09. The molecule has 1 aliphatic rings. The third kappa shape index (κ3) is 6.94. The average molecular weight is 609 g/mol. The number of carbonyl (C=O) groups is 3. The molecule has 3 aromatic rings. The standard InChI is InChI=1S/C32H40N4O6S/c1-9-36(17-16-34(5)6)31(39)42-21-11-12-23(26(18-21)40-8)22-13-14-25-28(35(7)30(38)32(3,4)33-25)24(22)19-41-29(37)27-15-10-20(2)43-27/h10-15,18,33H,9,16-17,19H2,1-8H3. The van der Waals surface area contributed by atoms with E-state index in [2.05, 4.69) is 5.32 Å². The second-order valence-electron chi connectivity index (χ2n) is 11.2. The summed E-state index contributed by atoms with van der Waals surface area (Å²) in [7, 11) is 7.16. The van der Waals surface area contributed by atoms with Crippen molar-refractivity contribution in [3.63, 3.8) is 0 Å². The maximum atomic E-state index is 13.3. The first-order valence-corrected chi connectivity index (χ1v) is 14.9. The average Bonchev–Trinajstić information content (AvgIpc) is 3.40. The van der Waals surface area contributed by atoms with Gasteiger partial charge >= 0.3 is 12.1 Å². The fraction of sp³-hybridized carbons (Fsp3) is 0.406. The van der Waals surface area contributed by atoms with Gasteiger partial charge in [0.05, 0.1) is 18.5 Å². The molecule has 0 bridgehead atoms. The molecule has 0 atom stereocenters. The quantitative estimate of drug-likeness (QED) is 0.295. The molecule has 1 N–H and O–H groups in total. The summed E-state index contributed by atoms with van der Waals surface area (Å²) < 4.78 is 17.3. The number of anilines is 2.